The predicted molar refractivity (Wildman–Crippen MR) is 270 cm³/mol. The molecule has 1 fully saturated rings. The number of ether oxygens (including phenoxy) is 8. The van der Waals surface area contributed by atoms with Gasteiger partial charge >= 0.3 is 11.9 Å². The molecule has 0 bridgehead atoms. The molecule has 0 amide bonds. The highest BCUT2D eigenvalue weighted by atomic mass is 28.4. The molecule has 4 atom stereocenters. The number of hydrogen-bond donors (Lipinski definition) is 0. The first-order valence-electron chi connectivity index (χ1n) is 23.1. The largest absolute Gasteiger partial charge is 0.497 e. The van der Waals surface area contributed by atoms with Gasteiger partial charge < -0.3 is 42.3 Å². The molecule has 362 valence electrons. The van der Waals surface area contributed by atoms with Gasteiger partial charge in [-0.2, -0.15) is 0 Å². The van der Waals surface area contributed by atoms with Crippen LogP contribution in [0, 0.1) is 0 Å². The Morgan fingerprint density at radius 3 is 2.03 bits per heavy atom. The van der Waals surface area contributed by atoms with Crippen LogP contribution in [0.25, 0.3) is 6.08 Å². The van der Waals surface area contributed by atoms with E-state index in [1.54, 1.807) is 25.3 Å². The zero-order valence-corrected chi connectivity index (χ0v) is 43.6. The highest BCUT2D eigenvalue weighted by Gasteiger charge is 2.51. The average molecular weight is 953 g/mol. The molecule has 1 heterocycles. The molecule has 4 aromatic rings. The van der Waals surface area contributed by atoms with E-state index in [2.05, 4.69) is 108 Å². The molecule has 1 saturated heterocycles. The van der Waals surface area contributed by atoms with E-state index in [0.717, 1.165) is 17.4 Å². The summed E-state index contributed by atoms with van der Waals surface area (Å²) in [6.07, 6.45) is 6.98. The number of carbonyl (C=O) groups excluding carboxylic acids is 2. The van der Waals surface area contributed by atoms with E-state index >= 15 is 0 Å². The third kappa shape index (κ3) is 14.3. The highest BCUT2D eigenvalue weighted by Crippen LogP contribution is 2.39. The Kier molecular flexibility index (Phi) is 19.0. The van der Waals surface area contributed by atoms with Crippen LogP contribution >= 0.6 is 0 Å². The normalized spacial score (nSPS) is 17.4. The summed E-state index contributed by atoms with van der Waals surface area (Å²) in [5, 5.41) is 2.27. The van der Waals surface area contributed by atoms with Crippen molar-refractivity contribution in [3.05, 3.63) is 138 Å². The van der Waals surface area contributed by atoms with Gasteiger partial charge in [0.05, 0.1) is 39.1 Å². The van der Waals surface area contributed by atoms with E-state index in [9.17, 15) is 9.59 Å². The molecule has 1 aliphatic rings. The molecule has 0 aliphatic carbocycles. The molecular formula is C54H72O11Si2. The van der Waals surface area contributed by atoms with Crippen LogP contribution in [0.4, 0.5) is 0 Å². The van der Waals surface area contributed by atoms with E-state index in [4.69, 9.17) is 42.3 Å². The summed E-state index contributed by atoms with van der Waals surface area (Å²) in [6.45, 7) is 19.8. The quantitative estimate of drug-likeness (QED) is 0.0306. The third-order valence-electron chi connectivity index (χ3n) is 11.6. The minimum absolute atomic E-state index is 0.102. The van der Waals surface area contributed by atoms with Gasteiger partial charge in [0, 0.05) is 26.9 Å². The molecule has 1 unspecified atom stereocenters. The average Bonchev–Trinajstić information content (AvgIpc) is 3.61. The van der Waals surface area contributed by atoms with Crippen LogP contribution in [0.15, 0.2) is 115 Å². The fraction of sp³-hybridized carbons (Fsp3) is 0.444. The molecule has 4 aromatic carbocycles. The second kappa shape index (κ2) is 23.9. The zero-order valence-electron chi connectivity index (χ0n) is 41.6. The van der Waals surface area contributed by atoms with E-state index in [1.165, 1.54) is 24.6 Å². The standard InChI is InChI=1S/C54H72O11Si2/c1-39(65-67(53(2,3)4,42-22-15-13-16-23-42)43-24-17-14-18-25-43)21-19-27-47(61-37-40-29-31-41(58-8)32-30-40)50-48(63-54(5,6)64-50)28-20-26-44-45(51(55)59-9)33-34-46(62-38-57-7)49(44)52(56)60-35-36-66(10,11)12/h13-20,22-27,29-34,39,47-48,50H,21,28,35-38H2,1-12H3/t39-,47?,48+,50-/m1/s1. The first-order chi connectivity index (χ1) is 31.8. The van der Waals surface area contributed by atoms with Crippen LogP contribution in [0.1, 0.15) is 86.2 Å². The fourth-order valence-electron chi connectivity index (χ4n) is 8.30. The minimum Gasteiger partial charge on any atom is -0.497 e. The number of esters is 2. The van der Waals surface area contributed by atoms with Crippen molar-refractivity contribution in [2.24, 2.45) is 0 Å². The van der Waals surface area contributed by atoms with Gasteiger partial charge in [0.25, 0.3) is 8.32 Å². The van der Waals surface area contributed by atoms with Crippen molar-refractivity contribution in [3.8, 4) is 11.5 Å². The van der Waals surface area contributed by atoms with Gasteiger partial charge in [-0.05, 0) is 84.9 Å². The van der Waals surface area contributed by atoms with Gasteiger partial charge in [-0.1, -0.05) is 138 Å². The number of benzene rings is 4. The van der Waals surface area contributed by atoms with Crippen molar-refractivity contribution in [2.75, 3.05) is 34.7 Å². The van der Waals surface area contributed by atoms with E-state index in [-0.39, 0.29) is 41.4 Å². The number of carbonyl (C=O) groups is 2. The summed E-state index contributed by atoms with van der Waals surface area (Å²) in [6, 6.07) is 33.0. The Morgan fingerprint density at radius 2 is 1.46 bits per heavy atom. The lowest BCUT2D eigenvalue weighted by Gasteiger charge is -2.44. The molecule has 0 spiro atoms. The SMILES string of the molecule is COCOc1ccc(C(=O)OC)c(C=CC[C@@H]2OC(C)(C)O[C@@H]2C(C=CC[C@@H](C)O[Si](c2ccccc2)(c2ccccc2)C(C)(C)C)OCc2ccc(OC)cc2)c1C(=O)OCC[Si](C)(C)C. The molecule has 67 heavy (non-hydrogen) atoms. The number of hydrogen-bond acceptors (Lipinski definition) is 11. The van der Waals surface area contributed by atoms with Gasteiger partial charge in [-0.15, -0.1) is 0 Å². The summed E-state index contributed by atoms with van der Waals surface area (Å²) in [4.78, 5) is 27.1. The predicted octanol–water partition coefficient (Wildman–Crippen LogP) is 10.4. The van der Waals surface area contributed by atoms with Crippen molar-refractivity contribution in [2.45, 2.75) is 122 Å². The highest BCUT2D eigenvalue weighted by molar-refractivity contribution is 6.99. The lowest BCUT2D eigenvalue weighted by molar-refractivity contribution is -0.156. The fourth-order valence-corrected chi connectivity index (χ4v) is 13.7. The Hall–Kier alpha value is -4.87. The van der Waals surface area contributed by atoms with Crippen LogP contribution in [-0.4, -0.2) is 93.3 Å². The van der Waals surface area contributed by atoms with Crippen molar-refractivity contribution < 1.29 is 51.9 Å². The molecule has 0 radical (unpaired) electrons. The van der Waals surface area contributed by atoms with Gasteiger partial charge in [0.15, 0.2) is 12.6 Å². The van der Waals surface area contributed by atoms with Crippen molar-refractivity contribution in [1.29, 1.82) is 0 Å². The Labute approximate surface area is 400 Å². The molecule has 0 N–H and O–H groups in total. The Morgan fingerprint density at radius 1 is 0.821 bits per heavy atom. The molecule has 13 heteroatoms. The molecule has 11 nitrogen and oxygen atoms in total. The van der Waals surface area contributed by atoms with Gasteiger partial charge in [-0.3, -0.25) is 0 Å². The van der Waals surface area contributed by atoms with Crippen molar-refractivity contribution in [1.82, 2.24) is 0 Å². The van der Waals surface area contributed by atoms with E-state index < -0.39 is 52.4 Å². The zero-order chi connectivity index (χ0) is 48.8. The van der Waals surface area contributed by atoms with Crippen LogP contribution in [0.2, 0.25) is 30.7 Å². The number of rotatable bonds is 23. The lowest BCUT2D eigenvalue weighted by Crippen LogP contribution is -2.67. The second-order valence-electron chi connectivity index (χ2n) is 19.5. The van der Waals surface area contributed by atoms with Crippen LogP contribution in [0.5, 0.6) is 11.5 Å². The van der Waals surface area contributed by atoms with Gasteiger partial charge in [0.2, 0.25) is 0 Å². The molecule has 1 aliphatic heterocycles. The Bertz CT molecular complexity index is 2210. The monoisotopic (exact) mass is 952 g/mol. The number of methoxy groups -OCH3 is 3. The topological polar surface area (TPSA) is 117 Å². The maximum atomic E-state index is 13.9. The smallest absolute Gasteiger partial charge is 0.342 e. The lowest BCUT2D eigenvalue weighted by atomic mass is 9.97. The van der Waals surface area contributed by atoms with E-state index in [0.29, 0.717) is 25.0 Å². The van der Waals surface area contributed by atoms with Gasteiger partial charge in [0.1, 0.15) is 29.3 Å². The summed E-state index contributed by atoms with van der Waals surface area (Å²) >= 11 is 0. The molecular weight excluding hydrogens is 881 g/mol. The van der Waals surface area contributed by atoms with Crippen molar-refractivity contribution >= 4 is 44.8 Å². The first kappa shape index (κ1) is 53.1. The second-order valence-corrected chi connectivity index (χ2v) is 29.4. The van der Waals surface area contributed by atoms with Crippen LogP contribution < -0.4 is 19.8 Å². The summed E-state index contributed by atoms with van der Waals surface area (Å²) in [5.74, 6) is -1.20. The van der Waals surface area contributed by atoms with Crippen LogP contribution in [-0.2, 0) is 39.5 Å². The maximum absolute atomic E-state index is 13.9. The summed E-state index contributed by atoms with van der Waals surface area (Å²) < 4.78 is 54.8. The van der Waals surface area contributed by atoms with E-state index in [1.807, 2.05) is 56.3 Å². The minimum atomic E-state index is -2.80. The summed E-state index contributed by atoms with van der Waals surface area (Å²) in [5.41, 5.74) is 1.55. The Balaban J connectivity index is 1.47. The summed E-state index contributed by atoms with van der Waals surface area (Å²) in [7, 11) is 0.105. The van der Waals surface area contributed by atoms with Gasteiger partial charge in [-0.25, -0.2) is 9.59 Å². The van der Waals surface area contributed by atoms with Crippen molar-refractivity contribution in [3.63, 3.8) is 0 Å². The molecule has 5 rings (SSSR count). The third-order valence-corrected chi connectivity index (χ3v) is 18.5. The molecule has 0 saturated carbocycles. The first-order valence-corrected chi connectivity index (χ1v) is 28.7. The molecule has 0 aromatic heterocycles. The van der Waals surface area contributed by atoms with Crippen LogP contribution in [0.3, 0.4) is 0 Å². The maximum Gasteiger partial charge on any atom is 0.342 e.